The van der Waals surface area contributed by atoms with Gasteiger partial charge in [0.15, 0.2) is 0 Å². The second-order valence-corrected chi connectivity index (χ2v) is 4.35. The number of halogens is 2. The normalized spacial score (nSPS) is 11.1. The Bertz CT molecular complexity index is 778. The highest BCUT2D eigenvalue weighted by Crippen LogP contribution is 2.29. The lowest BCUT2D eigenvalue weighted by Crippen LogP contribution is -1.95. The van der Waals surface area contributed by atoms with Crippen molar-refractivity contribution in [3.63, 3.8) is 0 Å². The van der Waals surface area contributed by atoms with E-state index in [4.69, 9.17) is 5.73 Å². The van der Waals surface area contributed by atoms with E-state index in [9.17, 15) is 8.78 Å². The quantitative estimate of drug-likeness (QED) is 0.729. The van der Waals surface area contributed by atoms with Crippen LogP contribution in [0.5, 0.6) is 0 Å². The fourth-order valence-electron chi connectivity index (χ4n) is 2.10. The van der Waals surface area contributed by atoms with Gasteiger partial charge in [0.05, 0.1) is 0 Å². The molecule has 0 aliphatic carbocycles. The monoisotopic (exact) mass is 259 g/mol. The summed E-state index contributed by atoms with van der Waals surface area (Å²) < 4.78 is 28.4. The van der Waals surface area contributed by atoms with Crippen LogP contribution in [0.1, 0.15) is 5.56 Å². The van der Waals surface area contributed by atoms with Crippen molar-refractivity contribution in [2.75, 3.05) is 5.73 Å². The lowest BCUT2D eigenvalue weighted by molar-refractivity contribution is 0.585. The van der Waals surface area contributed by atoms with Crippen LogP contribution in [0.3, 0.4) is 0 Å². The van der Waals surface area contributed by atoms with E-state index in [-0.39, 0.29) is 5.56 Å². The molecule has 1 aromatic carbocycles. The van der Waals surface area contributed by atoms with Gasteiger partial charge < -0.3 is 5.73 Å². The molecule has 96 valence electrons. The zero-order valence-corrected chi connectivity index (χ0v) is 10.2. The fourth-order valence-corrected chi connectivity index (χ4v) is 2.10. The number of hydrogen-bond acceptors (Lipinski definition) is 2. The molecule has 0 aliphatic heterocycles. The van der Waals surface area contributed by atoms with Gasteiger partial charge in [-0.1, -0.05) is 6.07 Å². The second kappa shape index (κ2) is 4.05. The Labute approximate surface area is 108 Å². The zero-order chi connectivity index (χ0) is 13.6. The summed E-state index contributed by atoms with van der Waals surface area (Å²) in [6, 6.07) is 7.09. The molecule has 0 saturated heterocycles. The van der Waals surface area contributed by atoms with Crippen LogP contribution in [-0.2, 0) is 0 Å². The van der Waals surface area contributed by atoms with Gasteiger partial charge in [-0.2, -0.15) is 0 Å². The van der Waals surface area contributed by atoms with Crippen molar-refractivity contribution >= 4 is 11.5 Å². The molecule has 0 aliphatic rings. The van der Waals surface area contributed by atoms with Gasteiger partial charge in [-0.3, -0.25) is 4.40 Å². The number of benzene rings is 1. The summed E-state index contributed by atoms with van der Waals surface area (Å²) in [4.78, 5) is 4.35. The average Bonchev–Trinajstić information content (AvgIpc) is 2.69. The van der Waals surface area contributed by atoms with Crippen LogP contribution in [-0.4, -0.2) is 9.38 Å². The van der Waals surface area contributed by atoms with E-state index in [2.05, 4.69) is 4.98 Å². The minimum Gasteiger partial charge on any atom is -0.383 e. The summed E-state index contributed by atoms with van der Waals surface area (Å²) in [5.74, 6) is -0.961. The molecule has 0 radical (unpaired) electrons. The van der Waals surface area contributed by atoms with E-state index < -0.39 is 11.6 Å². The molecule has 0 saturated carbocycles. The number of nitrogens with two attached hydrogens (primary N) is 1. The van der Waals surface area contributed by atoms with E-state index in [1.165, 1.54) is 12.1 Å². The minimum absolute atomic E-state index is 0.196. The summed E-state index contributed by atoms with van der Waals surface area (Å²) >= 11 is 0. The topological polar surface area (TPSA) is 43.3 Å². The standard InChI is InChI=1S/C14H11F2N3/c1-8-3-2-6-19-13(17)12(18-14(8)19)10-5-4-9(15)7-11(10)16/h2-7H,17H2,1H3. The average molecular weight is 259 g/mol. The Morgan fingerprint density at radius 2 is 2.00 bits per heavy atom. The van der Waals surface area contributed by atoms with Crippen molar-refractivity contribution < 1.29 is 8.78 Å². The number of hydrogen-bond donors (Lipinski definition) is 1. The molecule has 19 heavy (non-hydrogen) atoms. The third-order valence-electron chi connectivity index (χ3n) is 3.07. The van der Waals surface area contributed by atoms with E-state index in [0.29, 0.717) is 17.2 Å². The number of anilines is 1. The van der Waals surface area contributed by atoms with Gasteiger partial charge in [0.1, 0.15) is 28.8 Å². The number of aromatic nitrogens is 2. The summed E-state index contributed by atoms with van der Waals surface area (Å²) in [5, 5.41) is 0. The first kappa shape index (κ1) is 11.6. The Balaban J connectivity index is 2.31. The SMILES string of the molecule is Cc1cccn2c(N)c(-c3ccc(F)cc3F)nc12. The first-order valence-corrected chi connectivity index (χ1v) is 5.76. The lowest BCUT2D eigenvalue weighted by Gasteiger charge is -2.01. The van der Waals surface area contributed by atoms with Crippen LogP contribution in [0.15, 0.2) is 36.5 Å². The van der Waals surface area contributed by atoms with Gasteiger partial charge in [0.2, 0.25) is 0 Å². The fraction of sp³-hybridized carbons (Fsp3) is 0.0714. The first-order valence-electron chi connectivity index (χ1n) is 5.76. The van der Waals surface area contributed by atoms with Gasteiger partial charge in [-0.05, 0) is 30.7 Å². The van der Waals surface area contributed by atoms with Crippen molar-refractivity contribution in [3.8, 4) is 11.3 Å². The van der Waals surface area contributed by atoms with E-state index in [1.54, 1.807) is 10.6 Å². The summed E-state index contributed by atoms with van der Waals surface area (Å²) in [6.07, 6.45) is 1.76. The third-order valence-corrected chi connectivity index (χ3v) is 3.07. The lowest BCUT2D eigenvalue weighted by atomic mass is 10.1. The van der Waals surface area contributed by atoms with Gasteiger partial charge in [-0.25, -0.2) is 13.8 Å². The maximum absolute atomic E-state index is 13.8. The Kier molecular flexibility index (Phi) is 2.48. The van der Waals surface area contributed by atoms with Crippen molar-refractivity contribution in [2.24, 2.45) is 0 Å². The molecule has 0 bridgehead atoms. The highest BCUT2D eigenvalue weighted by Gasteiger charge is 2.16. The Hall–Kier alpha value is -2.43. The van der Waals surface area contributed by atoms with Crippen LogP contribution in [0.2, 0.25) is 0 Å². The van der Waals surface area contributed by atoms with E-state index in [0.717, 1.165) is 11.6 Å². The molecule has 5 heteroatoms. The van der Waals surface area contributed by atoms with Crippen LogP contribution in [0.25, 0.3) is 16.9 Å². The van der Waals surface area contributed by atoms with Crippen molar-refractivity contribution in [1.29, 1.82) is 0 Å². The molecule has 2 aromatic heterocycles. The zero-order valence-electron chi connectivity index (χ0n) is 10.2. The maximum Gasteiger partial charge on any atom is 0.142 e. The van der Waals surface area contributed by atoms with Crippen molar-refractivity contribution in [2.45, 2.75) is 6.92 Å². The first-order chi connectivity index (χ1) is 9.08. The molecule has 0 atom stereocenters. The predicted octanol–water partition coefficient (Wildman–Crippen LogP) is 3.17. The van der Waals surface area contributed by atoms with Crippen LogP contribution < -0.4 is 5.73 Å². The second-order valence-electron chi connectivity index (χ2n) is 4.35. The summed E-state index contributed by atoms with van der Waals surface area (Å²) in [5.41, 5.74) is 8.11. The molecule has 0 amide bonds. The molecular weight excluding hydrogens is 248 g/mol. The molecule has 0 fully saturated rings. The molecular formula is C14H11F2N3. The number of rotatable bonds is 1. The van der Waals surface area contributed by atoms with Gasteiger partial charge in [-0.15, -0.1) is 0 Å². The number of pyridine rings is 1. The number of fused-ring (bicyclic) bond motifs is 1. The van der Waals surface area contributed by atoms with Crippen LogP contribution in [0.4, 0.5) is 14.6 Å². The van der Waals surface area contributed by atoms with Crippen molar-refractivity contribution in [1.82, 2.24) is 9.38 Å². The number of imidazole rings is 1. The Morgan fingerprint density at radius 3 is 2.68 bits per heavy atom. The largest absolute Gasteiger partial charge is 0.383 e. The highest BCUT2D eigenvalue weighted by molar-refractivity contribution is 5.76. The minimum atomic E-state index is -0.673. The van der Waals surface area contributed by atoms with Crippen molar-refractivity contribution in [3.05, 3.63) is 53.7 Å². The molecule has 0 spiro atoms. The molecule has 2 heterocycles. The van der Waals surface area contributed by atoms with Gasteiger partial charge in [0.25, 0.3) is 0 Å². The number of nitrogens with zero attached hydrogens (tertiary/aromatic N) is 2. The summed E-state index contributed by atoms with van der Waals surface area (Å²) in [6.45, 7) is 1.90. The molecule has 2 N–H and O–H groups in total. The van der Waals surface area contributed by atoms with Gasteiger partial charge >= 0.3 is 0 Å². The summed E-state index contributed by atoms with van der Waals surface area (Å²) in [7, 11) is 0. The molecule has 3 nitrogen and oxygen atoms in total. The van der Waals surface area contributed by atoms with Crippen LogP contribution in [0, 0.1) is 18.6 Å². The predicted molar refractivity (Wildman–Crippen MR) is 69.7 cm³/mol. The maximum atomic E-state index is 13.8. The van der Waals surface area contributed by atoms with E-state index >= 15 is 0 Å². The van der Waals surface area contributed by atoms with Gasteiger partial charge in [0, 0.05) is 17.8 Å². The number of aryl methyl sites for hydroxylation is 1. The molecule has 3 aromatic rings. The smallest absolute Gasteiger partial charge is 0.142 e. The molecule has 0 unspecified atom stereocenters. The van der Waals surface area contributed by atoms with E-state index in [1.807, 2.05) is 19.1 Å². The third kappa shape index (κ3) is 1.74. The van der Waals surface area contributed by atoms with Crippen LogP contribution >= 0.6 is 0 Å². The molecule has 3 rings (SSSR count). The Morgan fingerprint density at radius 1 is 1.21 bits per heavy atom. The highest BCUT2D eigenvalue weighted by atomic mass is 19.1. The number of nitrogen functional groups attached to an aromatic ring is 1.